The molecule has 0 aliphatic heterocycles. The van der Waals surface area contributed by atoms with Crippen molar-refractivity contribution >= 4 is 23.1 Å². The summed E-state index contributed by atoms with van der Waals surface area (Å²) < 4.78 is 0. The Morgan fingerprint density at radius 1 is 0.348 bits per heavy atom. The van der Waals surface area contributed by atoms with Gasteiger partial charge in [0.25, 0.3) is 0 Å². The van der Waals surface area contributed by atoms with Crippen LogP contribution in [0.2, 0.25) is 0 Å². The standard InChI is InChI=1S/C68H51N/c1-6-45-17-16-20-48(39-45)49-29-34-57-54-22-11-14-25-61(54)68(64(57)40-49)62-26-15-12-23-55(62)58-35-30-50(41-65(58)68)59-37-44(3)66(38-43(59)2)69(51-31-27-47(28-32-51)46-18-8-7-9-19-46)52-33-36-56-53-21-10-13-24-60(53)67(4,5)63(56)42-52/h6-42H,1H2,2-5H3. The van der Waals surface area contributed by atoms with Crippen LogP contribution in [0.25, 0.3) is 72.8 Å². The van der Waals surface area contributed by atoms with Gasteiger partial charge in [-0.15, -0.1) is 0 Å². The highest BCUT2D eigenvalue weighted by Gasteiger charge is 2.52. The molecule has 3 aliphatic rings. The van der Waals surface area contributed by atoms with E-state index in [1.165, 1.54) is 117 Å². The average molecular weight is 882 g/mol. The van der Waals surface area contributed by atoms with Crippen LogP contribution in [0, 0.1) is 13.8 Å². The van der Waals surface area contributed by atoms with Gasteiger partial charge in [-0.05, 0) is 185 Å². The number of rotatable bonds is 7. The molecule has 0 saturated heterocycles. The molecule has 1 spiro atoms. The van der Waals surface area contributed by atoms with Crippen molar-refractivity contribution in [2.75, 3.05) is 4.90 Å². The van der Waals surface area contributed by atoms with E-state index in [2.05, 4.69) is 258 Å². The maximum absolute atomic E-state index is 4.08. The quantitative estimate of drug-likeness (QED) is 0.154. The molecule has 1 unspecified atom stereocenters. The molecule has 1 nitrogen and oxygen atoms in total. The van der Waals surface area contributed by atoms with Crippen molar-refractivity contribution in [3.63, 3.8) is 0 Å². The fourth-order valence-electron chi connectivity index (χ4n) is 12.4. The maximum Gasteiger partial charge on any atom is 0.0725 e. The van der Waals surface area contributed by atoms with Gasteiger partial charge >= 0.3 is 0 Å². The second-order valence-corrected chi connectivity index (χ2v) is 19.8. The van der Waals surface area contributed by atoms with Gasteiger partial charge in [-0.1, -0.05) is 190 Å². The highest BCUT2D eigenvalue weighted by atomic mass is 15.1. The van der Waals surface area contributed by atoms with Gasteiger partial charge in [0.1, 0.15) is 0 Å². The van der Waals surface area contributed by atoms with Gasteiger partial charge in [-0.3, -0.25) is 0 Å². The Morgan fingerprint density at radius 3 is 1.52 bits per heavy atom. The minimum atomic E-state index is -0.480. The fraction of sp³-hybridized carbons (Fsp3) is 0.0882. The minimum Gasteiger partial charge on any atom is -0.310 e. The van der Waals surface area contributed by atoms with Gasteiger partial charge < -0.3 is 4.90 Å². The van der Waals surface area contributed by atoms with Gasteiger partial charge in [0.05, 0.1) is 5.41 Å². The largest absolute Gasteiger partial charge is 0.310 e. The van der Waals surface area contributed by atoms with Crippen molar-refractivity contribution in [1.82, 2.24) is 0 Å². The maximum atomic E-state index is 4.08. The van der Waals surface area contributed by atoms with Crippen molar-refractivity contribution in [3.05, 3.63) is 275 Å². The normalized spacial score (nSPS) is 15.2. The highest BCUT2D eigenvalue weighted by molar-refractivity contribution is 5.97. The lowest BCUT2D eigenvalue weighted by Gasteiger charge is -2.31. The van der Waals surface area contributed by atoms with Crippen molar-refractivity contribution in [2.45, 2.75) is 38.5 Å². The number of hydrogen-bond acceptors (Lipinski definition) is 1. The molecule has 3 aliphatic carbocycles. The molecule has 13 rings (SSSR count). The molecule has 69 heavy (non-hydrogen) atoms. The average Bonchev–Trinajstić information content (AvgIpc) is 3.95. The first-order chi connectivity index (χ1) is 33.7. The monoisotopic (exact) mass is 881 g/mol. The number of fused-ring (bicyclic) bond motifs is 13. The van der Waals surface area contributed by atoms with Crippen LogP contribution in [0.15, 0.2) is 225 Å². The third-order valence-corrected chi connectivity index (χ3v) is 15.7. The van der Waals surface area contributed by atoms with Crippen LogP contribution in [0.3, 0.4) is 0 Å². The second-order valence-electron chi connectivity index (χ2n) is 19.8. The van der Waals surface area contributed by atoms with Crippen LogP contribution < -0.4 is 4.90 Å². The molecule has 10 aromatic rings. The first-order valence-electron chi connectivity index (χ1n) is 24.3. The van der Waals surface area contributed by atoms with E-state index in [-0.39, 0.29) is 5.41 Å². The number of hydrogen-bond donors (Lipinski definition) is 0. The summed E-state index contributed by atoms with van der Waals surface area (Å²) in [5.74, 6) is 0. The molecule has 1 atom stereocenters. The molecule has 0 aromatic heterocycles. The predicted molar refractivity (Wildman–Crippen MR) is 291 cm³/mol. The third-order valence-electron chi connectivity index (χ3n) is 15.7. The summed E-state index contributed by atoms with van der Waals surface area (Å²) in [5, 5.41) is 0. The Labute approximate surface area is 406 Å². The Balaban J connectivity index is 0.971. The Bertz CT molecular complexity index is 3720. The van der Waals surface area contributed by atoms with Crippen molar-refractivity contribution in [1.29, 1.82) is 0 Å². The lowest BCUT2D eigenvalue weighted by molar-refractivity contribution is 0.660. The third kappa shape index (κ3) is 6.03. The molecular weight excluding hydrogens is 831 g/mol. The van der Waals surface area contributed by atoms with Crippen molar-refractivity contribution in [3.8, 4) is 66.8 Å². The minimum absolute atomic E-state index is 0.122. The van der Waals surface area contributed by atoms with E-state index < -0.39 is 5.41 Å². The zero-order valence-corrected chi connectivity index (χ0v) is 39.5. The van der Waals surface area contributed by atoms with Crippen LogP contribution in [-0.4, -0.2) is 0 Å². The van der Waals surface area contributed by atoms with E-state index in [1.54, 1.807) is 0 Å². The van der Waals surface area contributed by atoms with Crippen LogP contribution in [0.1, 0.15) is 63.9 Å². The molecule has 0 saturated carbocycles. The van der Waals surface area contributed by atoms with E-state index in [4.69, 9.17) is 0 Å². The van der Waals surface area contributed by atoms with E-state index in [9.17, 15) is 0 Å². The van der Waals surface area contributed by atoms with Gasteiger partial charge in [0.15, 0.2) is 0 Å². The van der Waals surface area contributed by atoms with Crippen LogP contribution >= 0.6 is 0 Å². The summed E-state index contributed by atoms with van der Waals surface area (Å²) in [7, 11) is 0. The molecule has 0 radical (unpaired) electrons. The van der Waals surface area contributed by atoms with E-state index in [0.717, 1.165) is 16.9 Å². The van der Waals surface area contributed by atoms with Crippen LogP contribution in [-0.2, 0) is 10.8 Å². The first-order valence-corrected chi connectivity index (χ1v) is 24.3. The van der Waals surface area contributed by atoms with E-state index >= 15 is 0 Å². The molecule has 0 N–H and O–H groups in total. The molecule has 0 fully saturated rings. The molecule has 0 heterocycles. The summed E-state index contributed by atoms with van der Waals surface area (Å²) in [6.07, 6.45) is 1.93. The zero-order chi connectivity index (χ0) is 46.6. The van der Waals surface area contributed by atoms with Crippen molar-refractivity contribution in [2.24, 2.45) is 0 Å². The zero-order valence-electron chi connectivity index (χ0n) is 39.5. The molecule has 0 amide bonds. The fourth-order valence-corrected chi connectivity index (χ4v) is 12.4. The molecular formula is C68H51N. The molecule has 1 heteroatoms. The molecule has 10 aromatic carbocycles. The Morgan fingerprint density at radius 2 is 0.841 bits per heavy atom. The van der Waals surface area contributed by atoms with Gasteiger partial charge in [-0.2, -0.15) is 0 Å². The number of nitrogens with zero attached hydrogens (tertiary/aromatic N) is 1. The van der Waals surface area contributed by atoms with E-state index in [1.807, 2.05) is 6.08 Å². The smallest absolute Gasteiger partial charge is 0.0725 e. The SMILES string of the molecule is C=Cc1cccc(-c2ccc3c(c2)C2(c4ccccc4-3)c3ccccc3-c3ccc(-c4cc(C)c(N(c5ccc(-c6ccccc6)cc5)c5ccc6c(c5)C(C)(C)c5ccccc5-6)cc4C)cc32)c1. The second kappa shape index (κ2) is 15.4. The Kier molecular flexibility index (Phi) is 9.14. The van der Waals surface area contributed by atoms with Gasteiger partial charge in [0, 0.05) is 22.5 Å². The summed E-state index contributed by atoms with van der Waals surface area (Å²) in [6, 6.07) is 82.0. The number of benzene rings is 10. The topological polar surface area (TPSA) is 3.24 Å². The summed E-state index contributed by atoms with van der Waals surface area (Å²) in [6.45, 7) is 13.4. The summed E-state index contributed by atoms with van der Waals surface area (Å²) in [5.41, 5.74) is 29.7. The lowest BCUT2D eigenvalue weighted by atomic mass is 9.70. The number of aryl methyl sites for hydroxylation is 2. The van der Waals surface area contributed by atoms with Gasteiger partial charge in [0.2, 0.25) is 0 Å². The highest BCUT2D eigenvalue weighted by Crippen LogP contribution is 2.63. The molecule has 0 bridgehead atoms. The predicted octanol–water partition coefficient (Wildman–Crippen LogP) is 18.1. The first kappa shape index (κ1) is 41.0. The van der Waals surface area contributed by atoms with Gasteiger partial charge in [-0.25, -0.2) is 0 Å². The Hall–Kier alpha value is -8.26. The van der Waals surface area contributed by atoms with Crippen molar-refractivity contribution < 1.29 is 0 Å². The molecule has 328 valence electrons. The number of anilines is 3. The van der Waals surface area contributed by atoms with Crippen LogP contribution in [0.4, 0.5) is 17.1 Å². The van der Waals surface area contributed by atoms with Crippen LogP contribution in [0.5, 0.6) is 0 Å². The lowest BCUT2D eigenvalue weighted by Crippen LogP contribution is -2.26. The summed E-state index contributed by atoms with van der Waals surface area (Å²) >= 11 is 0. The van der Waals surface area contributed by atoms with E-state index in [0.29, 0.717) is 0 Å². The summed E-state index contributed by atoms with van der Waals surface area (Å²) in [4.78, 5) is 2.48.